The molecule has 0 spiro atoms. The van der Waals surface area contributed by atoms with Gasteiger partial charge in [-0.3, -0.25) is 9.67 Å². The predicted molar refractivity (Wildman–Crippen MR) is 109 cm³/mol. The van der Waals surface area contributed by atoms with Crippen molar-refractivity contribution in [3.8, 4) is 11.4 Å². The molecule has 0 bridgehead atoms. The van der Waals surface area contributed by atoms with Crippen LogP contribution in [0.1, 0.15) is 18.1 Å². The minimum atomic E-state index is -0.519. The SMILES string of the molecule is CN(CCC(O)c1ccccc1)c1nc(-c2ccncc2)nc2c1cnn2C. The topological polar surface area (TPSA) is 80.0 Å². The minimum Gasteiger partial charge on any atom is -0.388 e. The van der Waals surface area contributed by atoms with Gasteiger partial charge in [-0.05, 0) is 24.1 Å². The van der Waals surface area contributed by atoms with Crippen LogP contribution in [0.5, 0.6) is 0 Å². The highest BCUT2D eigenvalue weighted by Crippen LogP contribution is 2.27. The van der Waals surface area contributed by atoms with Crippen LogP contribution in [-0.4, -0.2) is 43.4 Å². The van der Waals surface area contributed by atoms with Gasteiger partial charge in [0.25, 0.3) is 0 Å². The van der Waals surface area contributed by atoms with Crippen LogP contribution in [0.3, 0.4) is 0 Å². The number of fused-ring (bicyclic) bond motifs is 1. The quantitative estimate of drug-likeness (QED) is 0.559. The van der Waals surface area contributed by atoms with Gasteiger partial charge in [0.15, 0.2) is 11.5 Å². The molecule has 0 amide bonds. The fourth-order valence-corrected chi connectivity index (χ4v) is 3.19. The Hall–Kier alpha value is -3.32. The van der Waals surface area contributed by atoms with E-state index in [1.165, 1.54) is 0 Å². The van der Waals surface area contributed by atoms with Crippen molar-refractivity contribution in [1.82, 2.24) is 24.7 Å². The molecule has 0 aliphatic rings. The average molecular weight is 374 g/mol. The van der Waals surface area contributed by atoms with Crippen LogP contribution in [0.2, 0.25) is 0 Å². The fourth-order valence-electron chi connectivity index (χ4n) is 3.19. The molecule has 0 saturated heterocycles. The van der Waals surface area contributed by atoms with E-state index in [1.54, 1.807) is 23.3 Å². The number of aliphatic hydroxyl groups is 1. The summed E-state index contributed by atoms with van der Waals surface area (Å²) < 4.78 is 1.75. The van der Waals surface area contributed by atoms with Gasteiger partial charge in [-0.2, -0.15) is 5.10 Å². The Morgan fingerprint density at radius 1 is 1.07 bits per heavy atom. The van der Waals surface area contributed by atoms with E-state index >= 15 is 0 Å². The molecular weight excluding hydrogens is 352 g/mol. The molecule has 1 atom stereocenters. The van der Waals surface area contributed by atoms with Crippen LogP contribution < -0.4 is 4.90 Å². The standard InChI is InChI=1S/C21H22N6O/c1-26(13-10-18(28)15-6-4-3-5-7-15)20-17-14-23-27(2)21(17)25-19(24-20)16-8-11-22-12-9-16/h3-9,11-12,14,18,28H,10,13H2,1-2H3. The molecule has 3 heterocycles. The van der Waals surface area contributed by atoms with E-state index in [4.69, 9.17) is 4.98 Å². The van der Waals surface area contributed by atoms with Gasteiger partial charge in [0.2, 0.25) is 0 Å². The van der Waals surface area contributed by atoms with Crippen LogP contribution in [0.15, 0.2) is 61.1 Å². The third-order valence-electron chi connectivity index (χ3n) is 4.79. The Bertz CT molecular complexity index is 1060. The molecule has 0 fully saturated rings. The lowest BCUT2D eigenvalue weighted by molar-refractivity contribution is 0.170. The second kappa shape index (κ2) is 7.74. The van der Waals surface area contributed by atoms with Crippen LogP contribution in [0, 0.1) is 0 Å². The van der Waals surface area contributed by atoms with E-state index in [0.717, 1.165) is 28.0 Å². The largest absolute Gasteiger partial charge is 0.388 e. The average Bonchev–Trinajstić information content (AvgIpc) is 3.13. The first-order valence-electron chi connectivity index (χ1n) is 9.18. The summed E-state index contributed by atoms with van der Waals surface area (Å²) >= 11 is 0. The number of nitrogens with zero attached hydrogens (tertiary/aromatic N) is 6. The maximum Gasteiger partial charge on any atom is 0.164 e. The lowest BCUT2D eigenvalue weighted by Gasteiger charge is -2.21. The lowest BCUT2D eigenvalue weighted by atomic mass is 10.1. The zero-order chi connectivity index (χ0) is 19.5. The summed E-state index contributed by atoms with van der Waals surface area (Å²) in [5.41, 5.74) is 2.59. The van der Waals surface area contributed by atoms with Gasteiger partial charge in [0.05, 0.1) is 17.7 Å². The van der Waals surface area contributed by atoms with Gasteiger partial charge in [-0.25, -0.2) is 9.97 Å². The summed E-state index contributed by atoms with van der Waals surface area (Å²) in [5, 5.41) is 15.7. The highest BCUT2D eigenvalue weighted by molar-refractivity contribution is 5.88. The number of hydrogen-bond donors (Lipinski definition) is 1. The number of pyridine rings is 1. The molecule has 0 saturated carbocycles. The smallest absolute Gasteiger partial charge is 0.164 e. The Morgan fingerprint density at radius 3 is 2.57 bits per heavy atom. The van der Waals surface area contributed by atoms with E-state index in [-0.39, 0.29) is 0 Å². The number of hydrogen-bond acceptors (Lipinski definition) is 6. The second-order valence-corrected chi connectivity index (χ2v) is 6.75. The third kappa shape index (κ3) is 3.57. The molecule has 1 N–H and O–H groups in total. The van der Waals surface area contributed by atoms with Crippen LogP contribution in [-0.2, 0) is 7.05 Å². The predicted octanol–water partition coefficient (Wildman–Crippen LogP) is 2.99. The summed E-state index contributed by atoms with van der Waals surface area (Å²) in [6.45, 7) is 0.646. The highest BCUT2D eigenvalue weighted by atomic mass is 16.3. The third-order valence-corrected chi connectivity index (χ3v) is 4.79. The maximum absolute atomic E-state index is 10.5. The molecule has 1 unspecified atom stereocenters. The number of anilines is 1. The van der Waals surface area contributed by atoms with Gasteiger partial charge in [0, 0.05) is 38.6 Å². The van der Waals surface area contributed by atoms with Crippen molar-refractivity contribution in [2.24, 2.45) is 7.05 Å². The summed E-state index contributed by atoms with van der Waals surface area (Å²) in [5.74, 6) is 1.43. The van der Waals surface area contributed by atoms with E-state index in [2.05, 4.69) is 15.1 Å². The maximum atomic E-state index is 10.5. The summed E-state index contributed by atoms with van der Waals surface area (Å²) in [7, 11) is 3.84. The van der Waals surface area contributed by atoms with Crippen molar-refractivity contribution in [1.29, 1.82) is 0 Å². The van der Waals surface area contributed by atoms with Crippen molar-refractivity contribution in [3.05, 3.63) is 66.6 Å². The van der Waals surface area contributed by atoms with Crippen molar-refractivity contribution in [2.75, 3.05) is 18.5 Å². The molecule has 3 aromatic heterocycles. The van der Waals surface area contributed by atoms with E-state index in [0.29, 0.717) is 18.8 Å². The van der Waals surface area contributed by atoms with Crippen LogP contribution >= 0.6 is 0 Å². The normalized spacial score (nSPS) is 12.2. The highest BCUT2D eigenvalue weighted by Gasteiger charge is 2.17. The van der Waals surface area contributed by atoms with Gasteiger partial charge >= 0.3 is 0 Å². The lowest BCUT2D eigenvalue weighted by Crippen LogP contribution is -2.22. The summed E-state index contributed by atoms with van der Waals surface area (Å²) in [6, 6.07) is 13.5. The summed E-state index contributed by atoms with van der Waals surface area (Å²) in [6.07, 6.45) is 5.31. The molecule has 7 nitrogen and oxygen atoms in total. The summed E-state index contributed by atoms with van der Waals surface area (Å²) in [4.78, 5) is 15.6. The zero-order valence-corrected chi connectivity index (χ0v) is 15.9. The monoisotopic (exact) mass is 374 g/mol. The van der Waals surface area contributed by atoms with Crippen molar-refractivity contribution in [2.45, 2.75) is 12.5 Å². The Balaban J connectivity index is 1.63. The molecule has 4 aromatic rings. The van der Waals surface area contributed by atoms with Crippen molar-refractivity contribution < 1.29 is 5.11 Å². The molecule has 7 heteroatoms. The number of aromatic nitrogens is 5. The van der Waals surface area contributed by atoms with Gasteiger partial charge in [0.1, 0.15) is 5.82 Å². The van der Waals surface area contributed by atoms with E-state index < -0.39 is 6.10 Å². The minimum absolute atomic E-state index is 0.519. The number of aliphatic hydroxyl groups excluding tert-OH is 1. The second-order valence-electron chi connectivity index (χ2n) is 6.75. The fraction of sp³-hybridized carbons (Fsp3) is 0.238. The van der Waals surface area contributed by atoms with E-state index in [1.807, 2.05) is 61.5 Å². The molecule has 0 aliphatic carbocycles. The molecule has 28 heavy (non-hydrogen) atoms. The Labute approximate surface area is 163 Å². The number of aryl methyl sites for hydroxylation is 1. The van der Waals surface area contributed by atoms with Gasteiger partial charge in [-0.15, -0.1) is 0 Å². The first-order chi connectivity index (χ1) is 13.6. The molecule has 4 rings (SSSR count). The molecule has 1 aromatic carbocycles. The Morgan fingerprint density at radius 2 is 1.82 bits per heavy atom. The number of rotatable bonds is 6. The van der Waals surface area contributed by atoms with Gasteiger partial charge < -0.3 is 10.0 Å². The van der Waals surface area contributed by atoms with Crippen LogP contribution in [0.4, 0.5) is 5.82 Å². The number of benzene rings is 1. The molecule has 0 aliphatic heterocycles. The molecule has 142 valence electrons. The van der Waals surface area contributed by atoms with Gasteiger partial charge in [-0.1, -0.05) is 30.3 Å². The zero-order valence-electron chi connectivity index (χ0n) is 15.9. The van der Waals surface area contributed by atoms with Crippen LogP contribution in [0.25, 0.3) is 22.4 Å². The van der Waals surface area contributed by atoms with E-state index in [9.17, 15) is 5.11 Å². The molecular formula is C21H22N6O. The first kappa shape index (κ1) is 18.1. The van der Waals surface area contributed by atoms with Crippen molar-refractivity contribution >= 4 is 16.9 Å². The van der Waals surface area contributed by atoms with Crippen molar-refractivity contribution in [3.63, 3.8) is 0 Å². The Kier molecular flexibility index (Phi) is 4.99. The molecule has 0 radical (unpaired) electrons. The first-order valence-corrected chi connectivity index (χ1v) is 9.18.